The molecule has 0 bridgehead atoms. The van der Waals surface area contributed by atoms with Gasteiger partial charge in [0.25, 0.3) is 5.69 Å². The predicted molar refractivity (Wildman–Crippen MR) is 80.2 cm³/mol. The Kier molecular flexibility index (Phi) is 5.03. The summed E-state index contributed by atoms with van der Waals surface area (Å²) in [6.07, 6.45) is -0.226. The van der Waals surface area contributed by atoms with Gasteiger partial charge in [0.05, 0.1) is 24.0 Å². The van der Waals surface area contributed by atoms with E-state index in [-0.39, 0.29) is 23.4 Å². The van der Waals surface area contributed by atoms with E-state index in [1.165, 1.54) is 49.6 Å². The number of para-hydroxylation sites is 1. The minimum atomic E-state index is -0.634. The van der Waals surface area contributed by atoms with E-state index in [9.17, 15) is 19.7 Å². The smallest absolute Gasteiger partial charge is 0.337 e. The molecule has 0 saturated heterocycles. The zero-order valence-electron chi connectivity index (χ0n) is 12.2. The summed E-state index contributed by atoms with van der Waals surface area (Å²) >= 11 is 0. The lowest BCUT2D eigenvalue weighted by atomic mass is 10.1. The number of methoxy groups -OCH3 is 1. The van der Waals surface area contributed by atoms with E-state index in [0.29, 0.717) is 5.56 Å². The van der Waals surface area contributed by atoms with Gasteiger partial charge in [0.15, 0.2) is 0 Å². The number of nitro groups is 1. The minimum absolute atomic E-state index is 0.134. The van der Waals surface area contributed by atoms with Gasteiger partial charge in [-0.15, -0.1) is 0 Å². The van der Waals surface area contributed by atoms with Gasteiger partial charge >= 0.3 is 11.9 Å². The molecular weight excluding hydrogens is 302 g/mol. The van der Waals surface area contributed by atoms with Gasteiger partial charge in [-0.05, 0) is 24.3 Å². The van der Waals surface area contributed by atoms with Gasteiger partial charge in [0.2, 0.25) is 0 Å². The van der Waals surface area contributed by atoms with Crippen molar-refractivity contribution in [2.75, 3.05) is 7.11 Å². The number of carbonyl (C=O) groups is 2. The summed E-state index contributed by atoms with van der Waals surface area (Å²) in [6, 6.07) is 11.8. The van der Waals surface area contributed by atoms with Crippen molar-refractivity contribution in [2.45, 2.75) is 6.42 Å². The zero-order valence-corrected chi connectivity index (χ0v) is 12.2. The minimum Gasteiger partial charge on any atom is -0.465 e. The first-order valence-corrected chi connectivity index (χ1v) is 6.62. The number of esters is 2. The standard InChI is InChI=1S/C16H13NO6/c1-22-16(19)11-6-8-13(9-7-11)23-15(18)10-12-4-2-3-5-14(12)17(20)21/h2-9H,10H2,1H3. The van der Waals surface area contributed by atoms with E-state index in [0.717, 1.165) is 0 Å². The van der Waals surface area contributed by atoms with Crippen LogP contribution in [0.2, 0.25) is 0 Å². The summed E-state index contributed by atoms with van der Waals surface area (Å²) in [4.78, 5) is 33.5. The SMILES string of the molecule is COC(=O)c1ccc(OC(=O)Cc2ccccc2[N+](=O)[O-])cc1. The molecule has 23 heavy (non-hydrogen) atoms. The first-order valence-electron chi connectivity index (χ1n) is 6.62. The van der Waals surface area contributed by atoms with Crippen LogP contribution in [-0.2, 0) is 16.0 Å². The molecule has 0 aliphatic heterocycles. The monoisotopic (exact) mass is 315 g/mol. The molecule has 0 aliphatic rings. The maximum absolute atomic E-state index is 11.9. The Morgan fingerprint density at radius 1 is 1.09 bits per heavy atom. The molecular formula is C16H13NO6. The Labute approximate surface area is 131 Å². The lowest BCUT2D eigenvalue weighted by Gasteiger charge is -2.06. The van der Waals surface area contributed by atoms with Crippen LogP contribution in [0.5, 0.6) is 5.75 Å². The molecule has 7 nitrogen and oxygen atoms in total. The second-order valence-corrected chi connectivity index (χ2v) is 4.55. The van der Waals surface area contributed by atoms with Crippen LogP contribution < -0.4 is 4.74 Å². The maximum Gasteiger partial charge on any atom is 0.337 e. The summed E-state index contributed by atoms with van der Waals surface area (Å²) in [7, 11) is 1.27. The number of hydrogen-bond donors (Lipinski definition) is 0. The third kappa shape index (κ3) is 4.13. The Morgan fingerprint density at radius 3 is 2.35 bits per heavy atom. The van der Waals surface area contributed by atoms with Crippen molar-refractivity contribution >= 4 is 17.6 Å². The fourth-order valence-electron chi connectivity index (χ4n) is 1.94. The van der Waals surface area contributed by atoms with Crippen LogP contribution in [0.4, 0.5) is 5.69 Å². The number of benzene rings is 2. The van der Waals surface area contributed by atoms with Crippen LogP contribution >= 0.6 is 0 Å². The highest BCUT2D eigenvalue weighted by atomic mass is 16.6. The first-order chi connectivity index (χ1) is 11.0. The van der Waals surface area contributed by atoms with Gasteiger partial charge in [-0.2, -0.15) is 0 Å². The highest BCUT2D eigenvalue weighted by Crippen LogP contribution is 2.19. The lowest BCUT2D eigenvalue weighted by molar-refractivity contribution is -0.385. The summed E-state index contributed by atoms with van der Waals surface area (Å²) < 4.78 is 9.67. The molecule has 2 aromatic rings. The zero-order chi connectivity index (χ0) is 16.8. The van der Waals surface area contributed by atoms with Gasteiger partial charge in [-0.25, -0.2) is 4.79 Å². The Hall–Kier alpha value is -3.22. The van der Waals surface area contributed by atoms with Crippen LogP contribution in [0.3, 0.4) is 0 Å². The predicted octanol–water partition coefficient (Wildman–Crippen LogP) is 2.53. The van der Waals surface area contributed by atoms with Gasteiger partial charge in [0.1, 0.15) is 5.75 Å². The van der Waals surface area contributed by atoms with Gasteiger partial charge in [-0.1, -0.05) is 18.2 Å². The molecule has 2 rings (SSSR count). The summed E-state index contributed by atoms with van der Waals surface area (Å²) in [5, 5.41) is 10.9. The normalized spacial score (nSPS) is 9.96. The van der Waals surface area contributed by atoms with Gasteiger partial charge in [-0.3, -0.25) is 14.9 Å². The Balaban J connectivity index is 2.05. The van der Waals surface area contributed by atoms with E-state index in [2.05, 4.69) is 4.74 Å². The van der Waals surface area contributed by atoms with Crippen molar-refractivity contribution in [3.8, 4) is 5.75 Å². The molecule has 0 saturated carbocycles. The van der Waals surface area contributed by atoms with Crippen molar-refractivity contribution in [1.82, 2.24) is 0 Å². The largest absolute Gasteiger partial charge is 0.465 e. The summed E-state index contributed by atoms with van der Waals surface area (Å²) in [5.74, 6) is -0.894. The number of rotatable bonds is 5. The second kappa shape index (κ2) is 7.17. The van der Waals surface area contributed by atoms with Gasteiger partial charge in [0, 0.05) is 11.6 Å². The van der Waals surface area contributed by atoms with Crippen molar-refractivity contribution < 1.29 is 24.0 Å². The molecule has 0 aliphatic carbocycles. The fraction of sp³-hybridized carbons (Fsp3) is 0.125. The number of carbonyl (C=O) groups excluding carboxylic acids is 2. The molecule has 0 radical (unpaired) electrons. The first kappa shape index (κ1) is 16.2. The molecule has 0 amide bonds. The van der Waals surface area contributed by atoms with Crippen molar-refractivity contribution in [1.29, 1.82) is 0 Å². The average molecular weight is 315 g/mol. The van der Waals surface area contributed by atoms with E-state index >= 15 is 0 Å². The lowest BCUT2D eigenvalue weighted by Crippen LogP contribution is -2.12. The van der Waals surface area contributed by atoms with Crippen LogP contribution in [0.15, 0.2) is 48.5 Å². The molecule has 0 spiro atoms. The van der Waals surface area contributed by atoms with E-state index < -0.39 is 16.9 Å². The van der Waals surface area contributed by atoms with Crippen molar-refractivity contribution in [3.63, 3.8) is 0 Å². The highest BCUT2D eigenvalue weighted by Gasteiger charge is 2.16. The van der Waals surface area contributed by atoms with E-state index in [4.69, 9.17) is 4.74 Å². The Bertz CT molecular complexity index is 738. The van der Waals surface area contributed by atoms with Crippen LogP contribution in [0, 0.1) is 10.1 Å². The van der Waals surface area contributed by atoms with Crippen LogP contribution in [0.1, 0.15) is 15.9 Å². The Morgan fingerprint density at radius 2 is 1.74 bits per heavy atom. The molecule has 0 unspecified atom stereocenters. The number of ether oxygens (including phenoxy) is 2. The molecule has 0 fully saturated rings. The summed E-state index contributed by atoms with van der Waals surface area (Å²) in [5.41, 5.74) is 0.463. The number of nitrogens with zero attached hydrogens (tertiary/aromatic N) is 1. The third-order valence-electron chi connectivity index (χ3n) is 3.03. The van der Waals surface area contributed by atoms with Crippen LogP contribution in [-0.4, -0.2) is 24.0 Å². The van der Waals surface area contributed by atoms with E-state index in [1.807, 2.05) is 0 Å². The van der Waals surface area contributed by atoms with Crippen molar-refractivity contribution in [2.24, 2.45) is 0 Å². The molecule has 0 aromatic heterocycles. The fourth-order valence-corrected chi connectivity index (χ4v) is 1.94. The number of hydrogen-bond acceptors (Lipinski definition) is 6. The quantitative estimate of drug-likeness (QED) is 0.364. The molecule has 0 heterocycles. The van der Waals surface area contributed by atoms with Gasteiger partial charge < -0.3 is 9.47 Å². The molecule has 2 aromatic carbocycles. The van der Waals surface area contributed by atoms with E-state index in [1.54, 1.807) is 6.07 Å². The second-order valence-electron chi connectivity index (χ2n) is 4.55. The van der Waals surface area contributed by atoms with Crippen molar-refractivity contribution in [3.05, 3.63) is 69.8 Å². The molecule has 118 valence electrons. The number of nitro benzene ring substituents is 1. The topological polar surface area (TPSA) is 95.7 Å². The molecule has 0 atom stereocenters. The van der Waals surface area contributed by atoms with Crippen LogP contribution in [0.25, 0.3) is 0 Å². The maximum atomic E-state index is 11.9. The molecule has 7 heteroatoms. The third-order valence-corrected chi connectivity index (χ3v) is 3.03. The summed E-state index contributed by atoms with van der Waals surface area (Å²) in [6.45, 7) is 0. The molecule has 0 N–H and O–H groups in total. The highest BCUT2D eigenvalue weighted by molar-refractivity contribution is 5.89. The average Bonchev–Trinajstić information content (AvgIpc) is 2.55.